The van der Waals surface area contributed by atoms with E-state index in [9.17, 15) is 4.39 Å². The molecule has 2 aromatic rings. The fraction of sp³-hybridized carbons (Fsp3) is 0.333. The third-order valence-electron chi connectivity index (χ3n) is 2.80. The summed E-state index contributed by atoms with van der Waals surface area (Å²) in [6.07, 6.45) is 0. The number of hydrogen-bond acceptors (Lipinski definition) is 5. The number of hydrogen-bond donors (Lipinski definition) is 1. The Morgan fingerprint density at radius 1 is 1.33 bits per heavy atom. The Hall–Kier alpha value is -1.79. The lowest BCUT2D eigenvalue weighted by Crippen LogP contribution is -2.20. The zero-order valence-electron chi connectivity index (χ0n) is 10.2. The Morgan fingerprint density at radius 3 is 2.61 bits per heavy atom. The fourth-order valence-corrected chi connectivity index (χ4v) is 1.63. The van der Waals surface area contributed by atoms with Gasteiger partial charge in [0.2, 0.25) is 0 Å². The van der Waals surface area contributed by atoms with E-state index < -0.39 is 5.41 Å². The molecule has 0 aliphatic heterocycles. The summed E-state index contributed by atoms with van der Waals surface area (Å²) in [6.45, 7) is 3.92. The molecule has 6 heteroatoms. The Balaban J connectivity index is 2.31. The van der Waals surface area contributed by atoms with Crippen LogP contribution >= 0.6 is 0 Å². The third kappa shape index (κ3) is 2.39. The van der Waals surface area contributed by atoms with Crippen LogP contribution in [0.3, 0.4) is 0 Å². The van der Waals surface area contributed by atoms with E-state index in [0.29, 0.717) is 11.7 Å². The number of nitrogens with two attached hydrogens (primary N) is 1. The lowest BCUT2D eigenvalue weighted by molar-refractivity contribution is 0.0995. The van der Waals surface area contributed by atoms with Gasteiger partial charge in [-0.25, -0.2) is 10.3 Å². The molecular formula is C12H14FN3O2. The van der Waals surface area contributed by atoms with Gasteiger partial charge in [-0.2, -0.15) is 4.98 Å². The highest BCUT2D eigenvalue weighted by molar-refractivity contribution is 5.30. The van der Waals surface area contributed by atoms with E-state index in [2.05, 4.69) is 15.0 Å². The monoisotopic (exact) mass is 251 g/mol. The molecule has 0 unspecified atom stereocenters. The molecule has 1 aromatic carbocycles. The van der Waals surface area contributed by atoms with Gasteiger partial charge in [-0.05, 0) is 31.5 Å². The summed E-state index contributed by atoms with van der Waals surface area (Å²) < 4.78 is 17.9. The van der Waals surface area contributed by atoms with Gasteiger partial charge >= 0.3 is 0 Å². The Morgan fingerprint density at radius 2 is 2.00 bits per heavy atom. The first kappa shape index (κ1) is 12.7. The molecule has 0 aliphatic rings. The van der Waals surface area contributed by atoms with Crippen LogP contribution in [-0.2, 0) is 16.9 Å². The quantitative estimate of drug-likeness (QED) is 0.840. The number of rotatable bonds is 4. The van der Waals surface area contributed by atoms with Gasteiger partial charge in [0.05, 0.1) is 5.41 Å². The van der Waals surface area contributed by atoms with Crippen molar-refractivity contribution in [3.8, 4) is 0 Å². The molecule has 0 aliphatic carbocycles. The van der Waals surface area contributed by atoms with E-state index in [1.54, 1.807) is 12.1 Å². The Labute approximate surface area is 104 Å². The van der Waals surface area contributed by atoms with Crippen LogP contribution in [0.5, 0.6) is 0 Å². The summed E-state index contributed by atoms with van der Waals surface area (Å²) in [5, 5.41) is 3.89. The van der Waals surface area contributed by atoms with Gasteiger partial charge in [-0.1, -0.05) is 17.3 Å². The summed E-state index contributed by atoms with van der Waals surface area (Å²) in [4.78, 5) is 8.62. The van der Waals surface area contributed by atoms with Crippen LogP contribution in [0.4, 0.5) is 4.39 Å². The molecule has 0 fully saturated rings. The van der Waals surface area contributed by atoms with Crippen molar-refractivity contribution < 1.29 is 13.8 Å². The molecule has 0 amide bonds. The summed E-state index contributed by atoms with van der Waals surface area (Å²) >= 11 is 0. The van der Waals surface area contributed by atoms with E-state index in [-0.39, 0.29) is 12.4 Å². The van der Waals surface area contributed by atoms with Crippen molar-refractivity contribution in [1.29, 1.82) is 0 Å². The Kier molecular flexibility index (Phi) is 3.40. The molecule has 2 N–H and O–H groups in total. The smallest absolute Gasteiger partial charge is 0.254 e. The van der Waals surface area contributed by atoms with Crippen molar-refractivity contribution in [2.24, 2.45) is 5.90 Å². The molecule has 5 nitrogen and oxygen atoms in total. The predicted molar refractivity (Wildman–Crippen MR) is 61.8 cm³/mol. The summed E-state index contributed by atoms with van der Waals surface area (Å²) in [5.74, 6) is 5.47. The van der Waals surface area contributed by atoms with Gasteiger partial charge in [-0.15, -0.1) is 0 Å². The molecule has 1 aromatic heterocycles. The molecule has 0 atom stereocenters. The number of aromatic nitrogens is 2. The van der Waals surface area contributed by atoms with E-state index in [4.69, 9.17) is 10.4 Å². The Bertz CT molecular complexity index is 522. The average Bonchev–Trinajstić information content (AvgIpc) is 2.79. The lowest BCUT2D eigenvalue weighted by atomic mass is 9.84. The first-order valence-electron chi connectivity index (χ1n) is 5.45. The number of nitrogens with zero attached hydrogens (tertiary/aromatic N) is 2. The maximum absolute atomic E-state index is 12.9. The lowest BCUT2D eigenvalue weighted by Gasteiger charge is -2.20. The highest BCUT2D eigenvalue weighted by Crippen LogP contribution is 2.29. The molecule has 18 heavy (non-hydrogen) atoms. The molecule has 2 rings (SSSR count). The van der Waals surface area contributed by atoms with Crippen molar-refractivity contribution in [2.45, 2.75) is 25.9 Å². The highest BCUT2D eigenvalue weighted by atomic mass is 19.1. The second-order valence-corrected chi connectivity index (χ2v) is 4.45. The maximum Gasteiger partial charge on any atom is 0.254 e. The van der Waals surface area contributed by atoms with E-state index in [1.165, 1.54) is 12.1 Å². The predicted octanol–water partition coefficient (Wildman–Crippen LogP) is 1.92. The van der Waals surface area contributed by atoms with E-state index in [0.717, 1.165) is 5.56 Å². The minimum Gasteiger partial charge on any atom is -0.337 e. The molecule has 0 bridgehead atoms. The van der Waals surface area contributed by atoms with Gasteiger partial charge in [-0.3, -0.25) is 4.84 Å². The van der Waals surface area contributed by atoms with Crippen LogP contribution < -0.4 is 5.90 Å². The van der Waals surface area contributed by atoms with Crippen LogP contribution in [0.25, 0.3) is 0 Å². The average molecular weight is 251 g/mol. The standard InChI is InChI=1S/C12H14FN3O2/c1-12(2,8-3-5-9(13)6-4-8)11-15-10(7-17-14)18-16-11/h3-6H,7,14H2,1-2H3. The second kappa shape index (κ2) is 4.83. The van der Waals surface area contributed by atoms with Crippen LogP contribution in [0.15, 0.2) is 28.8 Å². The topological polar surface area (TPSA) is 74.2 Å². The summed E-state index contributed by atoms with van der Waals surface area (Å²) in [7, 11) is 0. The maximum atomic E-state index is 12.9. The van der Waals surface area contributed by atoms with Crippen molar-refractivity contribution >= 4 is 0 Å². The number of halogens is 1. The van der Waals surface area contributed by atoms with Crippen molar-refractivity contribution in [1.82, 2.24) is 10.1 Å². The first-order valence-corrected chi connectivity index (χ1v) is 5.45. The van der Waals surface area contributed by atoms with Crippen LogP contribution in [0.1, 0.15) is 31.1 Å². The van der Waals surface area contributed by atoms with Crippen molar-refractivity contribution in [2.75, 3.05) is 0 Å². The molecule has 0 spiro atoms. The molecule has 96 valence electrons. The van der Waals surface area contributed by atoms with Gasteiger partial charge in [0.1, 0.15) is 12.4 Å². The van der Waals surface area contributed by atoms with Crippen LogP contribution in [-0.4, -0.2) is 10.1 Å². The van der Waals surface area contributed by atoms with Crippen LogP contribution in [0, 0.1) is 5.82 Å². The molecule has 1 heterocycles. The SMILES string of the molecule is CC(C)(c1ccc(F)cc1)c1noc(CON)n1. The minimum absolute atomic E-state index is 0.0620. The largest absolute Gasteiger partial charge is 0.337 e. The van der Waals surface area contributed by atoms with Gasteiger partial charge < -0.3 is 4.52 Å². The fourth-order valence-electron chi connectivity index (χ4n) is 1.63. The molecule has 0 saturated carbocycles. The molecule has 0 saturated heterocycles. The zero-order valence-corrected chi connectivity index (χ0v) is 10.2. The van der Waals surface area contributed by atoms with Crippen LogP contribution in [0.2, 0.25) is 0 Å². The van der Waals surface area contributed by atoms with E-state index >= 15 is 0 Å². The molecular weight excluding hydrogens is 237 g/mol. The van der Waals surface area contributed by atoms with Crippen molar-refractivity contribution in [3.63, 3.8) is 0 Å². The summed E-state index contributed by atoms with van der Waals surface area (Å²) in [5.41, 5.74) is 0.411. The van der Waals surface area contributed by atoms with Gasteiger partial charge in [0.15, 0.2) is 5.82 Å². The summed E-state index contributed by atoms with van der Waals surface area (Å²) in [6, 6.07) is 6.21. The number of benzene rings is 1. The first-order chi connectivity index (χ1) is 8.54. The highest BCUT2D eigenvalue weighted by Gasteiger charge is 2.28. The van der Waals surface area contributed by atoms with E-state index in [1.807, 2.05) is 13.8 Å². The van der Waals surface area contributed by atoms with Gasteiger partial charge in [0, 0.05) is 0 Å². The third-order valence-corrected chi connectivity index (χ3v) is 2.80. The van der Waals surface area contributed by atoms with Gasteiger partial charge in [0.25, 0.3) is 5.89 Å². The second-order valence-electron chi connectivity index (χ2n) is 4.45. The normalized spacial score (nSPS) is 11.8. The molecule has 0 radical (unpaired) electrons. The minimum atomic E-state index is -0.482. The zero-order chi connectivity index (χ0) is 13.2. The van der Waals surface area contributed by atoms with Crippen molar-refractivity contribution in [3.05, 3.63) is 47.4 Å².